The van der Waals surface area contributed by atoms with Crippen LogP contribution in [0.2, 0.25) is 5.02 Å². The Balaban J connectivity index is 1.48. The molecule has 238 valence electrons. The molecule has 0 saturated heterocycles. The van der Waals surface area contributed by atoms with Crippen LogP contribution in [-0.4, -0.2) is 24.3 Å². The number of thiazole rings is 1. The Bertz CT molecular complexity index is 2160. The molecule has 0 bridgehead atoms. The topological polar surface area (TPSA) is 79.1 Å². The van der Waals surface area contributed by atoms with E-state index in [2.05, 4.69) is 31.9 Å². The van der Waals surface area contributed by atoms with Crippen LogP contribution in [0.15, 0.2) is 115 Å². The van der Waals surface area contributed by atoms with Gasteiger partial charge in [-0.1, -0.05) is 83.6 Å². The molecule has 1 aromatic heterocycles. The summed E-state index contributed by atoms with van der Waals surface area (Å²) in [5.41, 5.74) is 3.54. The van der Waals surface area contributed by atoms with Gasteiger partial charge in [0.2, 0.25) is 0 Å². The summed E-state index contributed by atoms with van der Waals surface area (Å²) < 4.78 is 20.4. The first kappa shape index (κ1) is 33.0. The predicted molar refractivity (Wildman–Crippen MR) is 192 cm³/mol. The summed E-state index contributed by atoms with van der Waals surface area (Å²) in [6.07, 6.45) is 1.80. The largest absolute Gasteiger partial charge is 0.497 e. The second kappa shape index (κ2) is 14.4. The van der Waals surface area contributed by atoms with E-state index in [1.165, 1.54) is 11.3 Å². The van der Waals surface area contributed by atoms with Gasteiger partial charge in [0.1, 0.15) is 18.1 Å². The quantitative estimate of drug-likeness (QED) is 0.143. The van der Waals surface area contributed by atoms with Crippen molar-refractivity contribution in [2.45, 2.75) is 19.6 Å². The van der Waals surface area contributed by atoms with Gasteiger partial charge in [-0.3, -0.25) is 9.36 Å². The average Bonchev–Trinajstić information content (AvgIpc) is 3.38. The summed E-state index contributed by atoms with van der Waals surface area (Å²) >= 11 is 14.8. The summed E-state index contributed by atoms with van der Waals surface area (Å²) in [6, 6.07) is 27.2. The minimum absolute atomic E-state index is 0.173. The molecule has 0 fully saturated rings. The van der Waals surface area contributed by atoms with Crippen molar-refractivity contribution in [1.82, 2.24) is 4.57 Å². The number of fused-ring (bicyclic) bond motifs is 1. The average molecular weight is 795 g/mol. The highest BCUT2D eigenvalue weighted by Gasteiger charge is 2.35. The zero-order valence-electron chi connectivity index (χ0n) is 25.2. The smallest absolute Gasteiger partial charge is 0.338 e. The molecule has 4 aromatic carbocycles. The van der Waals surface area contributed by atoms with E-state index >= 15 is 0 Å². The van der Waals surface area contributed by atoms with E-state index in [0.717, 1.165) is 22.3 Å². The molecule has 0 unspecified atom stereocenters. The number of carbonyl (C=O) groups is 1. The molecule has 1 aliphatic rings. The molecule has 5 aromatic rings. The van der Waals surface area contributed by atoms with Gasteiger partial charge in [-0.25, -0.2) is 9.79 Å². The molecule has 47 heavy (non-hydrogen) atoms. The van der Waals surface area contributed by atoms with Gasteiger partial charge < -0.3 is 14.2 Å². The highest BCUT2D eigenvalue weighted by molar-refractivity contribution is 9.11. The monoisotopic (exact) mass is 792 g/mol. The van der Waals surface area contributed by atoms with E-state index in [9.17, 15) is 9.59 Å². The Morgan fingerprint density at radius 2 is 1.68 bits per heavy atom. The normalized spacial score (nSPS) is 14.4. The maximum Gasteiger partial charge on any atom is 0.338 e. The molecule has 6 rings (SSSR count). The number of ether oxygens (including phenoxy) is 3. The van der Waals surface area contributed by atoms with Crippen molar-refractivity contribution in [1.29, 1.82) is 0 Å². The van der Waals surface area contributed by atoms with Crippen LogP contribution in [0.5, 0.6) is 11.5 Å². The van der Waals surface area contributed by atoms with Crippen molar-refractivity contribution >= 4 is 72.5 Å². The Labute approximate surface area is 296 Å². The van der Waals surface area contributed by atoms with Gasteiger partial charge in [-0.2, -0.15) is 0 Å². The minimum Gasteiger partial charge on any atom is -0.497 e. The van der Waals surface area contributed by atoms with Crippen LogP contribution in [0.1, 0.15) is 35.2 Å². The Morgan fingerprint density at radius 1 is 1.00 bits per heavy atom. The fourth-order valence-corrected chi connectivity index (χ4v) is 7.90. The zero-order chi connectivity index (χ0) is 33.1. The first-order valence-corrected chi connectivity index (χ1v) is 17.3. The van der Waals surface area contributed by atoms with Crippen LogP contribution in [0.3, 0.4) is 0 Å². The number of hydrogen-bond donors (Lipinski definition) is 0. The predicted octanol–water partition coefficient (Wildman–Crippen LogP) is 7.70. The number of carbonyl (C=O) groups excluding carboxylic acids is 1. The van der Waals surface area contributed by atoms with Crippen molar-refractivity contribution in [3.63, 3.8) is 0 Å². The van der Waals surface area contributed by atoms with E-state index in [0.29, 0.717) is 40.5 Å². The summed E-state index contributed by atoms with van der Waals surface area (Å²) in [5, 5.41) is 0.626. The third kappa shape index (κ3) is 6.87. The molecule has 1 aliphatic heterocycles. The number of aromatic nitrogens is 1. The Morgan fingerprint density at radius 3 is 2.34 bits per heavy atom. The lowest BCUT2D eigenvalue weighted by atomic mass is 9.93. The van der Waals surface area contributed by atoms with Gasteiger partial charge in [0.25, 0.3) is 5.56 Å². The van der Waals surface area contributed by atoms with Crippen molar-refractivity contribution in [2.24, 2.45) is 4.99 Å². The van der Waals surface area contributed by atoms with Gasteiger partial charge in [-0.15, -0.1) is 0 Å². The zero-order valence-corrected chi connectivity index (χ0v) is 30.0. The molecule has 2 heterocycles. The molecule has 0 aliphatic carbocycles. The molecule has 0 amide bonds. The highest BCUT2D eigenvalue weighted by atomic mass is 79.9. The molecule has 0 saturated carbocycles. The van der Waals surface area contributed by atoms with Crippen molar-refractivity contribution in [3.05, 3.63) is 152 Å². The number of esters is 1. The molecule has 0 spiro atoms. The van der Waals surface area contributed by atoms with Gasteiger partial charge in [0.05, 0.1) is 44.5 Å². The maximum atomic E-state index is 14.2. The number of benzene rings is 4. The molecule has 0 radical (unpaired) electrons. The Kier molecular flexibility index (Phi) is 10.1. The van der Waals surface area contributed by atoms with Crippen LogP contribution in [0.25, 0.3) is 11.8 Å². The third-order valence-corrected chi connectivity index (χ3v) is 9.98. The van der Waals surface area contributed by atoms with Crippen molar-refractivity contribution in [3.8, 4) is 11.5 Å². The highest BCUT2D eigenvalue weighted by Crippen LogP contribution is 2.37. The number of rotatable bonds is 9. The van der Waals surface area contributed by atoms with E-state index < -0.39 is 12.0 Å². The molecule has 7 nitrogen and oxygen atoms in total. The molecule has 1 atom stereocenters. The fraction of sp³-hybridized carbons (Fsp3) is 0.139. The minimum atomic E-state index is -0.785. The lowest BCUT2D eigenvalue weighted by Crippen LogP contribution is -2.40. The first-order valence-electron chi connectivity index (χ1n) is 14.6. The van der Waals surface area contributed by atoms with E-state index in [1.54, 1.807) is 36.8 Å². The maximum absolute atomic E-state index is 14.2. The number of halogens is 3. The molecule has 11 heteroatoms. The summed E-state index contributed by atoms with van der Waals surface area (Å²) in [4.78, 5) is 33.3. The second-order valence-corrected chi connectivity index (χ2v) is 13.5. The second-order valence-electron chi connectivity index (χ2n) is 10.4. The lowest BCUT2D eigenvalue weighted by molar-refractivity contribution is -0.138. The standard InChI is InChI=1S/C36H27Br2ClN2O5S/c1-3-45-35(43)30-31(22-9-5-4-6-10-22)40-36-41(32(30)23-13-15-25(44-2)16-14-23)34(42)29(47-36)19-21-17-26(37)33(27(38)18-21)46-20-24-11-7-8-12-28(24)39/h4-19,32H,3,20H2,1-2H3/b29-19-/t32-/m0/s1. The van der Waals surface area contributed by atoms with Crippen LogP contribution < -0.4 is 24.4 Å². The van der Waals surface area contributed by atoms with Crippen LogP contribution in [0.4, 0.5) is 0 Å². The number of methoxy groups -OCH3 is 1. The van der Waals surface area contributed by atoms with E-state index in [1.807, 2.05) is 78.9 Å². The number of nitrogens with zero attached hydrogens (tertiary/aromatic N) is 2. The molecular formula is C36H27Br2ClN2O5S. The van der Waals surface area contributed by atoms with Gasteiger partial charge in [-0.05, 0) is 86.3 Å². The van der Waals surface area contributed by atoms with Gasteiger partial charge in [0, 0.05) is 16.1 Å². The van der Waals surface area contributed by atoms with Crippen LogP contribution >= 0.6 is 54.8 Å². The molecule has 0 N–H and O–H groups in total. The SMILES string of the molecule is CCOC(=O)C1=C(c2ccccc2)N=c2s/c(=C\c3cc(Br)c(OCc4ccccc4Cl)c(Br)c3)c(=O)n2[C@H]1c1ccc(OC)cc1. The van der Waals surface area contributed by atoms with E-state index in [-0.39, 0.29) is 24.3 Å². The summed E-state index contributed by atoms with van der Waals surface area (Å²) in [7, 11) is 1.59. The van der Waals surface area contributed by atoms with Crippen LogP contribution in [0, 0.1) is 0 Å². The first-order chi connectivity index (χ1) is 22.8. The fourth-order valence-electron chi connectivity index (χ4n) is 5.26. The summed E-state index contributed by atoms with van der Waals surface area (Å²) in [5.74, 6) is 0.724. The van der Waals surface area contributed by atoms with Crippen molar-refractivity contribution < 1.29 is 19.0 Å². The van der Waals surface area contributed by atoms with Crippen LogP contribution in [-0.2, 0) is 16.1 Å². The Hall–Kier alpha value is -3.96. The third-order valence-electron chi connectivity index (χ3n) is 7.45. The van der Waals surface area contributed by atoms with Gasteiger partial charge in [0.15, 0.2) is 4.80 Å². The number of hydrogen-bond acceptors (Lipinski definition) is 7. The van der Waals surface area contributed by atoms with E-state index in [4.69, 9.17) is 30.8 Å². The lowest BCUT2D eigenvalue weighted by Gasteiger charge is -2.26. The molecular weight excluding hydrogens is 768 g/mol. The van der Waals surface area contributed by atoms with Gasteiger partial charge >= 0.3 is 5.97 Å². The van der Waals surface area contributed by atoms with Crippen molar-refractivity contribution in [2.75, 3.05) is 13.7 Å². The summed E-state index contributed by atoms with van der Waals surface area (Å²) in [6.45, 7) is 2.21.